The second kappa shape index (κ2) is 14.8. The molecule has 0 unspecified atom stereocenters. The quantitative estimate of drug-likeness (QED) is 0.176. The maximum Gasteiger partial charge on any atom is 0.303 e. The van der Waals surface area contributed by atoms with Crippen molar-refractivity contribution in [1.82, 2.24) is 4.90 Å². The number of hydrogen-bond acceptors (Lipinski definition) is 4. The smallest absolute Gasteiger partial charge is 0.303 e. The highest BCUT2D eigenvalue weighted by molar-refractivity contribution is 6.00. The highest BCUT2D eigenvalue weighted by atomic mass is 19.3. The summed E-state index contributed by atoms with van der Waals surface area (Å²) in [6.07, 6.45) is 0.615. The Morgan fingerprint density at radius 1 is 0.979 bits per heavy atom. The van der Waals surface area contributed by atoms with E-state index in [1.54, 1.807) is 20.1 Å². The number of aryl methyl sites for hydroxylation is 2. The van der Waals surface area contributed by atoms with Gasteiger partial charge in [0, 0.05) is 44.5 Å². The van der Waals surface area contributed by atoms with Gasteiger partial charge in [-0.1, -0.05) is 48.5 Å². The molecule has 1 amide bonds. The van der Waals surface area contributed by atoms with Crippen LogP contribution in [-0.4, -0.2) is 54.2 Å². The van der Waals surface area contributed by atoms with Crippen molar-refractivity contribution < 1.29 is 37.0 Å². The van der Waals surface area contributed by atoms with Gasteiger partial charge in [0.25, 0.3) is 5.91 Å². The van der Waals surface area contributed by atoms with Gasteiger partial charge in [-0.05, 0) is 88.9 Å². The van der Waals surface area contributed by atoms with Crippen LogP contribution in [0.2, 0.25) is 0 Å². The number of alkyl halides is 3. The van der Waals surface area contributed by atoms with Crippen LogP contribution in [0, 0.1) is 12.7 Å². The Hall–Kier alpha value is -4.44. The number of aliphatic carboxylic acids is 1. The second-order valence-electron chi connectivity index (χ2n) is 12.7. The summed E-state index contributed by atoms with van der Waals surface area (Å²) in [5.41, 5.74) is 10.1. The van der Waals surface area contributed by atoms with Gasteiger partial charge in [-0.2, -0.15) is 0 Å². The number of carbonyl (C=O) groups is 2. The van der Waals surface area contributed by atoms with Crippen LogP contribution >= 0.6 is 0 Å². The molecule has 1 saturated carbocycles. The van der Waals surface area contributed by atoms with E-state index in [1.165, 1.54) is 5.56 Å². The van der Waals surface area contributed by atoms with Crippen molar-refractivity contribution in [3.8, 4) is 16.9 Å². The number of carboxylic acid groups (broad SMARTS) is 1. The summed E-state index contributed by atoms with van der Waals surface area (Å²) in [4.78, 5) is 24.3. The number of primary amides is 1. The van der Waals surface area contributed by atoms with Crippen LogP contribution < -0.4 is 10.5 Å². The number of ether oxygens (including phenoxy) is 1. The number of nitrogens with zero attached hydrogens (tertiary/aromatic N) is 1. The van der Waals surface area contributed by atoms with Gasteiger partial charge in [0.1, 0.15) is 17.7 Å². The van der Waals surface area contributed by atoms with Crippen LogP contribution in [0.4, 0.5) is 17.6 Å². The zero-order chi connectivity index (χ0) is 34.6. The number of carbonyl (C=O) groups excluding carboxylic acids is 1. The summed E-state index contributed by atoms with van der Waals surface area (Å²) in [6, 6.07) is 21.1. The molecule has 2 aliphatic rings. The number of benzene rings is 4. The molecule has 6 rings (SSSR count). The van der Waals surface area contributed by atoms with Gasteiger partial charge in [0.15, 0.2) is 0 Å². The highest BCUT2D eigenvalue weighted by Crippen LogP contribution is 2.48. The van der Waals surface area contributed by atoms with E-state index >= 15 is 0 Å². The predicted molar refractivity (Wildman–Crippen MR) is 178 cm³/mol. The van der Waals surface area contributed by atoms with Crippen LogP contribution in [-0.2, 0) is 17.8 Å². The molecule has 0 bridgehead atoms. The largest absolute Gasteiger partial charge is 0.496 e. The second-order valence-corrected chi connectivity index (χ2v) is 12.7. The van der Waals surface area contributed by atoms with E-state index in [9.17, 15) is 27.2 Å². The number of rotatable bonds is 9. The molecule has 1 saturated heterocycles. The number of halogens is 4. The average molecular weight is 665 g/mol. The van der Waals surface area contributed by atoms with E-state index in [1.807, 2.05) is 30.3 Å². The van der Waals surface area contributed by atoms with Crippen LogP contribution in [0.3, 0.4) is 0 Å². The molecule has 1 heterocycles. The molecule has 4 aromatic carbocycles. The molecule has 2 fully saturated rings. The lowest BCUT2D eigenvalue weighted by molar-refractivity contribution is -0.136. The number of fused-ring (bicyclic) bond motifs is 1. The highest BCUT2D eigenvalue weighted by Gasteiger charge is 2.46. The molecule has 254 valence electrons. The molecule has 1 aliphatic heterocycles. The Morgan fingerprint density at radius 2 is 1.67 bits per heavy atom. The Bertz CT molecular complexity index is 1770. The maximum absolute atomic E-state index is 13.6. The summed E-state index contributed by atoms with van der Waals surface area (Å²) in [5, 5.41) is 11.2. The third kappa shape index (κ3) is 8.16. The third-order valence-corrected chi connectivity index (χ3v) is 9.22. The summed E-state index contributed by atoms with van der Waals surface area (Å²) in [5.74, 6) is -4.54. The summed E-state index contributed by atoms with van der Waals surface area (Å²) >= 11 is 0. The van der Waals surface area contributed by atoms with Gasteiger partial charge < -0.3 is 15.6 Å². The maximum atomic E-state index is 13.6. The fourth-order valence-corrected chi connectivity index (χ4v) is 6.67. The Kier molecular flexibility index (Phi) is 10.7. The molecule has 10 heteroatoms. The molecule has 0 aromatic heterocycles. The van der Waals surface area contributed by atoms with E-state index in [2.05, 4.69) is 29.2 Å². The van der Waals surface area contributed by atoms with Gasteiger partial charge in [0.05, 0.1) is 12.7 Å². The first kappa shape index (κ1) is 34.9. The lowest BCUT2D eigenvalue weighted by atomic mass is 9.76. The molecule has 3 N–H and O–H groups in total. The Balaban J connectivity index is 0.000000224. The van der Waals surface area contributed by atoms with E-state index < -0.39 is 29.8 Å². The van der Waals surface area contributed by atoms with Crippen LogP contribution in [0.25, 0.3) is 21.9 Å². The normalized spacial score (nSPS) is 16.5. The minimum absolute atomic E-state index is 0.109. The molecular formula is C38H40F4N2O4. The molecule has 4 aromatic rings. The number of hydrogen-bond donors (Lipinski definition) is 2. The molecule has 1 aliphatic carbocycles. The Morgan fingerprint density at radius 3 is 2.29 bits per heavy atom. The Labute approximate surface area is 277 Å². The van der Waals surface area contributed by atoms with Gasteiger partial charge in [0.2, 0.25) is 5.92 Å². The molecule has 0 atom stereocenters. The fraction of sp³-hybridized carbons (Fsp3) is 0.368. The van der Waals surface area contributed by atoms with Crippen molar-refractivity contribution in [1.29, 1.82) is 0 Å². The minimum atomic E-state index is -2.64. The standard InChI is InChI=1S/C26H28FNO3.C12H12F3NO/c1-31-25-10-8-18(17-28-14-12-20(27)13-15-28)16-24(25)23-7-3-5-21-19(9-11-26(29)30)4-2-6-22(21)23;1-6-2-7(8-4-12(14,15)5-8)3-9(13)10(6)11(16)17/h2-8,10,16,20H,9,11-15,17H2,1H3,(H,29,30);2-3,8H,4-5H2,1H3,(H2,16,17). The zero-order valence-electron chi connectivity index (χ0n) is 27.1. The monoisotopic (exact) mass is 664 g/mol. The summed E-state index contributed by atoms with van der Waals surface area (Å²) < 4.78 is 58.2. The van der Waals surface area contributed by atoms with Gasteiger partial charge in [-0.25, -0.2) is 17.6 Å². The van der Waals surface area contributed by atoms with Crippen LogP contribution in [0.5, 0.6) is 5.75 Å². The number of piperidine rings is 1. The lowest BCUT2D eigenvalue weighted by Gasteiger charge is -2.35. The van der Waals surface area contributed by atoms with Gasteiger partial charge in [-0.3, -0.25) is 14.5 Å². The fourth-order valence-electron chi connectivity index (χ4n) is 6.67. The van der Waals surface area contributed by atoms with E-state index in [0.29, 0.717) is 30.4 Å². The van der Waals surface area contributed by atoms with Crippen molar-refractivity contribution >= 4 is 22.6 Å². The first-order chi connectivity index (χ1) is 22.8. The van der Waals surface area contributed by atoms with Gasteiger partial charge >= 0.3 is 5.97 Å². The molecule has 48 heavy (non-hydrogen) atoms. The van der Waals surface area contributed by atoms with Crippen molar-refractivity contribution in [3.63, 3.8) is 0 Å². The predicted octanol–water partition coefficient (Wildman–Crippen LogP) is 8.21. The van der Waals surface area contributed by atoms with Gasteiger partial charge in [-0.15, -0.1) is 0 Å². The summed E-state index contributed by atoms with van der Waals surface area (Å²) in [7, 11) is 1.67. The SMILES string of the molecule is COc1ccc(CN2CCC(F)CC2)cc1-c1cccc2c(CCC(=O)O)cccc12.Cc1cc(C2CC(F)(F)C2)cc(F)c1C(N)=O. The summed E-state index contributed by atoms with van der Waals surface area (Å²) in [6.45, 7) is 3.90. The number of carboxylic acids is 1. The van der Waals surface area contributed by atoms with Crippen LogP contribution in [0.1, 0.15) is 70.6 Å². The third-order valence-electron chi connectivity index (χ3n) is 9.22. The van der Waals surface area contributed by atoms with Crippen molar-refractivity contribution in [2.24, 2.45) is 5.73 Å². The molecule has 6 nitrogen and oxygen atoms in total. The zero-order valence-corrected chi connectivity index (χ0v) is 27.1. The minimum Gasteiger partial charge on any atom is -0.496 e. The van der Waals surface area contributed by atoms with E-state index in [-0.39, 0.29) is 30.7 Å². The number of likely N-dealkylation sites (tertiary alicyclic amines) is 1. The van der Waals surface area contributed by atoms with E-state index in [4.69, 9.17) is 15.6 Å². The molecule has 0 spiro atoms. The molecule has 0 radical (unpaired) electrons. The van der Waals surface area contributed by atoms with Crippen molar-refractivity contribution in [2.45, 2.75) is 70.0 Å². The molecular weight excluding hydrogens is 624 g/mol. The topological polar surface area (TPSA) is 92.9 Å². The van der Waals surface area contributed by atoms with Crippen molar-refractivity contribution in [3.05, 3.63) is 100 Å². The lowest BCUT2D eigenvalue weighted by Crippen LogP contribution is -2.33. The average Bonchev–Trinajstić information content (AvgIpc) is 3.03. The van der Waals surface area contributed by atoms with E-state index in [0.717, 1.165) is 58.9 Å². The van der Waals surface area contributed by atoms with Crippen molar-refractivity contribution in [2.75, 3.05) is 20.2 Å². The number of amides is 1. The number of methoxy groups -OCH3 is 1. The first-order valence-corrected chi connectivity index (χ1v) is 16.1. The van der Waals surface area contributed by atoms with Crippen LogP contribution in [0.15, 0.2) is 66.7 Å². The number of nitrogens with two attached hydrogens (primary N) is 1. The first-order valence-electron chi connectivity index (χ1n) is 16.1.